The van der Waals surface area contributed by atoms with Crippen molar-refractivity contribution in [3.8, 4) is 0 Å². The van der Waals surface area contributed by atoms with E-state index in [0.29, 0.717) is 12.8 Å². The molecule has 0 bridgehead atoms. The van der Waals surface area contributed by atoms with Gasteiger partial charge in [0.1, 0.15) is 12.7 Å². The van der Waals surface area contributed by atoms with Crippen LogP contribution in [0.5, 0.6) is 0 Å². The number of unbranched alkanes of at least 4 members (excludes halogenated alkanes) is 16. The molecular weight excluding hydrogens is 565 g/mol. The minimum Gasteiger partial charge on any atom is -0.480 e. The number of carbonyl (C=O) groups is 3. The van der Waals surface area contributed by atoms with Crippen molar-refractivity contribution < 1.29 is 47.8 Å². The average Bonchev–Trinajstić information content (AvgIpc) is 2.95. The minimum absolute atomic E-state index is 0.148. The Morgan fingerprint density at radius 2 is 1.10 bits per heavy atom. The van der Waals surface area contributed by atoms with E-state index >= 15 is 0 Å². The molecule has 0 saturated heterocycles. The van der Waals surface area contributed by atoms with E-state index in [0.717, 1.165) is 51.4 Å². The predicted molar refractivity (Wildman–Crippen MR) is 162 cm³/mol. The summed E-state index contributed by atoms with van der Waals surface area (Å²) in [4.78, 5) is 45.2. The van der Waals surface area contributed by atoms with E-state index < -0.39 is 57.6 Å². The summed E-state index contributed by atoms with van der Waals surface area (Å²) in [6, 6.07) is -1.53. The van der Waals surface area contributed by atoms with Crippen molar-refractivity contribution in [1.82, 2.24) is 5.32 Å². The van der Waals surface area contributed by atoms with Crippen molar-refractivity contribution in [3.63, 3.8) is 0 Å². The third kappa shape index (κ3) is 26.1. The maximum absolute atomic E-state index is 12.1. The second-order valence-corrected chi connectivity index (χ2v) is 12.5. The molecule has 0 spiro atoms. The lowest BCUT2D eigenvalue weighted by Gasteiger charge is -2.18. The van der Waals surface area contributed by atoms with Crippen LogP contribution >= 0.6 is 7.82 Å². The molecule has 0 aliphatic rings. The Morgan fingerprint density at radius 1 is 0.667 bits per heavy atom. The van der Waals surface area contributed by atoms with Gasteiger partial charge in [0, 0.05) is 12.8 Å². The maximum Gasteiger partial charge on any atom is 0.472 e. The van der Waals surface area contributed by atoms with E-state index in [9.17, 15) is 34.1 Å². The molecule has 3 unspecified atom stereocenters. The Kier molecular flexibility index (Phi) is 26.1. The third-order valence-corrected chi connectivity index (χ3v) is 7.85. The fourth-order valence-corrected chi connectivity index (χ4v) is 5.09. The fourth-order valence-electron chi connectivity index (χ4n) is 4.31. The van der Waals surface area contributed by atoms with Gasteiger partial charge in [0.15, 0.2) is 6.04 Å². The van der Waals surface area contributed by atoms with Gasteiger partial charge in [-0.25, -0.2) is 9.36 Å². The van der Waals surface area contributed by atoms with Gasteiger partial charge in [0.2, 0.25) is 5.91 Å². The molecule has 1 amide bonds. The Morgan fingerprint density at radius 3 is 1.57 bits per heavy atom. The van der Waals surface area contributed by atoms with E-state index in [-0.39, 0.29) is 12.8 Å². The fraction of sp³-hybridized carbons (Fsp3) is 0.900. The molecule has 0 rings (SSSR count). The van der Waals surface area contributed by atoms with Crippen molar-refractivity contribution in [3.05, 3.63) is 0 Å². The highest BCUT2D eigenvalue weighted by Crippen LogP contribution is 2.43. The van der Waals surface area contributed by atoms with Crippen molar-refractivity contribution in [2.24, 2.45) is 0 Å². The van der Waals surface area contributed by atoms with Crippen LogP contribution in [-0.2, 0) is 32.7 Å². The molecule has 3 atom stereocenters. The monoisotopic (exact) mass is 623 g/mol. The standard InChI is InChI=1S/C30H58NO10P/c1-3-5-7-9-11-12-13-14-16-18-20-22-29(34)39-23-26(32)24-40-42(37,38)41-25-27(30(35)36)31-28(33)21-19-17-15-10-8-6-4-2/h26-27,32H,3-25H2,1-2H3,(H,31,33)(H,35,36)(H,37,38). The topological polar surface area (TPSA) is 169 Å². The summed E-state index contributed by atoms with van der Waals surface area (Å²) in [5, 5.41) is 21.5. The highest BCUT2D eigenvalue weighted by Gasteiger charge is 2.28. The van der Waals surface area contributed by atoms with Crippen LogP contribution < -0.4 is 5.32 Å². The van der Waals surface area contributed by atoms with Crippen LogP contribution in [0.2, 0.25) is 0 Å². The first-order chi connectivity index (χ1) is 20.1. The number of aliphatic hydroxyl groups excluding tert-OH is 1. The van der Waals surface area contributed by atoms with Crippen molar-refractivity contribution in [2.45, 2.75) is 154 Å². The molecular formula is C30H58NO10P. The molecule has 42 heavy (non-hydrogen) atoms. The SMILES string of the molecule is CCCCCCCCCCCCCC(=O)OCC(O)COP(=O)(O)OCC(NC(=O)CCCCCCCCC)C(=O)O. The average molecular weight is 624 g/mol. The minimum atomic E-state index is -4.73. The zero-order chi connectivity index (χ0) is 31.5. The Balaban J connectivity index is 4.01. The van der Waals surface area contributed by atoms with Gasteiger partial charge in [-0.2, -0.15) is 0 Å². The summed E-state index contributed by atoms with van der Waals surface area (Å²) in [5.74, 6) is -2.38. The molecule has 0 aliphatic heterocycles. The summed E-state index contributed by atoms with van der Waals surface area (Å²) in [7, 11) is -4.73. The molecule has 0 fully saturated rings. The zero-order valence-corrected chi connectivity index (χ0v) is 27.0. The molecule has 4 N–H and O–H groups in total. The van der Waals surface area contributed by atoms with E-state index in [4.69, 9.17) is 13.8 Å². The smallest absolute Gasteiger partial charge is 0.472 e. The van der Waals surface area contributed by atoms with Gasteiger partial charge < -0.3 is 25.2 Å². The van der Waals surface area contributed by atoms with Crippen LogP contribution in [0.25, 0.3) is 0 Å². The number of aliphatic hydroxyl groups is 1. The lowest BCUT2D eigenvalue weighted by molar-refractivity contribution is -0.147. The second kappa shape index (κ2) is 27.1. The number of hydrogen-bond acceptors (Lipinski definition) is 8. The number of phosphoric acid groups is 1. The van der Waals surface area contributed by atoms with Gasteiger partial charge in [0.25, 0.3) is 0 Å². The maximum atomic E-state index is 12.1. The van der Waals surface area contributed by atoms with Gasteiger partial charge in [-0.15, -0.1) is 0 Å². The van der Waals surface area contributed by atoms with Crippen molar-refractivity contribution in [2.75, 3.05) is 19.8 Å². The molecule has 0 heterocycles. The molecule has 0 aromatic heterocycles. The summed E-state index contributed by atoms with van der Waals surface area (Å²) in [5.41, 5.74) is 0. The Labute approximate surface area is 253 Å². The van der Waals surface area contributed by atoms with Gasteiger partial charge in [-0.05, 0) is 12.8 Å². The number of hydrogen-bond donors (Lipinski definition) is 4. The molecule has 0 aromatic carbocycles. The van der Waals surface area contributed by atoms with Crippen LogP contribution in [-0.4, -0.2) is 64.9 Å². The van der Waals surface area contributed by atoms with Crippen LogP contribution in [0.3, 0.4) is 0 Å². The largest absolute Gasteiger partial charge is 0.480 e. The molecule has 0 aliphatic carbocycles. The summed E-state index contributed by atoms with van der Waals surface area (Å²) in [6.07, 6.45) is 18.9. The number of rotatable bonds is 30. The predicted octanol–water partition coefficient (Wildman–Crippen LogP) is 6.44. The zero-order valence-electron chi connectivity index (χ0n) is 26.1. The number of nitrogens with one attached hydrogen (secondary N) is 1. The van der Waals surface area contributed by atoms with Crippen LogP contribution in [0.15, 0.2) is 0 Å². The van der Waals surface area contributed by atoms with Gasteiger partial charge >= 0.3 is 19.8 Å². The molecule has 12 heteroatoms. The number of phosphoric ester groups is 1. The molecule has 248 valence electrons. The second-order valence-electron chi connectivity index (χ2n) is 11.0. The first-order valence-corrected chi connectivity index (χ1v) is 17.6. The first kappa shape index (κ1) is 40.5. The molecule has 0 saturated carbocycles. The van der Waals surface area contributed by atoms with Crippen LogP contribution in [0.1, 0.15) is 142 Å². The lowest BCUT2D eigenvalue weighted by atomic mass is 10.1. The normalized spacial score (nSPS) is 14.2. The number of carbonyl (C=O) groups excluding carboxylic acids is 2. The van der Waals surface area contributed by atoms with Gasteiger partial charge in [-0.3, -0.25) is 18.6 Å². The van der Waals surface area contributed by atoms with E-state index in [1.54, 1.807) is 0 Å². The number of carboxylic acids is 1. The number of carboxylic acid groups (broad SMARTS) is 1. The van der Waals surface area contributed by atoms with E-state index in [2.05, 4.69) is 19.2 Å². The van der Waals surface area contributed by atoms with Crippen LogP contribution in [0.4, 0.5) is 0 Å². The van der Waals surface area contributed by atoms with Crippen molar-refractivity contribution >= 4 is 25.7 Å². The lowest BCUT2D eigenvalue weighted by Crippen LogP contribution is -2.43. The number of aliphatic carboxylic acids is 1. The highest BCUT2D eigenvalue weighted by atomic mass is 31.2. The quantitative estimate of drug-likeness (QED) is 0.0397. The number of ether oxygens (including phenoxy) is 1. The Bertz CT molecular complexity index is 752. The summed E-state index contributed by atoms with van der Waals surface area (Å²) < 4.78 is 26.5. The van der Waals surface area contributed by atoms with E-state index in [1.165, 1.54) is 51.4 Å². The summed E-state index contributed by atoms with van der Waals surface area (Å²) >= 11 is 0. The third-order valence-electron chi connectivity index (χ3n) is 6.90. The van der Waals surface area contributed by atoms with Crippen LogP contribution in [0, 0.1) is 0 Å². The van der Waals surface area contributed by atoms with E-state index in [1.807, 2.05) is 0 Å². The molecule has 0 aromatic rings. The molecule has 11 nitrogen and oxygen atoms in total. The first-order valence-electron chi connectivity index (χ1n) is 16.1. The van der Waals surface area contributed by atoms with Gasteiger partial charge in [-0.1, -0.05) is 117 Å². The van der Waals surface area contributed by atoms with Gasteiger partial charge in [0.05, 0.1) is 13.2 Å². The number of amides is 1. The van der Waals surface area contributed by atoms with Crippen molar-refractivity contribution in [1.29, 1.82) is 0 Å². The molecule has 0 radical (unpaired) electrons. The summed E-state index contributed by atoms with van der Waals surface area (Å²) in [6.45, 7) is 2.48. The Hall–Kier alpha value is -1.52. The number of esters is 1. The highest BCUT2D eigenvalue weighted by molar-refractivity contribution is 7.47.